The minimum Gasteiger partial charge on any atom is -0.494 e. The number of rotatable bonds is 8. The molecule has 1 aliphatic rings. The van der Waals surface area contributed by atoms with E-state index in [4.69, 9.17) is 4.74 Å². The van der Waals surface area contributed by atoms with Gasteiger partial charge in [-0.3, -0.25) is 9.89 Å². The van der Waals surface area contributed by atoms with Gasteiger partial charge in [0.05, 0.1) is 13.2 Å². The number of hydrogen-bond acceptors (Lipinski definition) is 3. The molecule has 152 valence electrons. The molecule has 1 aromatic carbocycles. The number of likely N-dealkylation sites (tertiary alicyclic amines) is 1. The van der Waals surface area contributed by atoms with E-state index < -0.39 is 12.7 Å². The van der Waals surface area contributed by atoms with Gasteiger partial charge < -0.3 is 15.4 Å². The number of nitrogens with zero attached hydrogens (tertiary/aromatic N) is 2. The summed E-state index contributed by atoms with van der Waals surface area (Å²) in [6, 6.07) is 7.95. The Hall–Kier alpha value is -1.96. The second kappa shape index (κ2) is 10.4. The molecule has 0 aromatic heterocycles. The highest BCUT2D eigenvalue weighted by Crippen LogP contribution is 2.19. The maximum atomic E-state index is 12.4. The number of ether oxygens (including phenoxy) is 1. The van der Waals surface area contributed by atoms with Gasteiger partial charge in [-0.25, -0.2) is 0 Å². The first kappa shape index (κ1) is 21.3. The second-order valence-electron chi connectivity index (χ2n) is 6.85. The van der Waals surface area contributed by atoms with Crippen LogP contribution in [0.15, 0.2) is 29.3 Å². The van der Waals surface area contributed by atoms with Gasteiger partial charge in [-0.05, 0) is 38.3 Å². The predicted octanol–water partition coefficient (Wildman–Crippen LogP) is 2.96. The van der Waals surface area contributed by atoms with Gasteiger partial charge in [-0.15, -0.1) is 0 Å². The summed E-state index contributed by atoms with van der Waals surface area (Å²) in [5, 5.41) is 6.41. The highest BCUT2D eigenvalue weighted by Gasteiger charge is 2.34. The molecule has 1 unspecified atom stereocenters. The third-order valence-corrected chi connectivity index (χ3v) is 4.39. The lowest BCUT2D eigenvalue weighted by molar-refractivity contribution is -0.143. The topological polar surface area (TPSA) is 48.9 Å². The fourth-order valence-electron chi connectivity index (χ4n) is 2.99. The van der Waals surface area contributed by atoms with Gasteiger partial charge in [-0.1, -0.05) is 17.7 Å². The molecule has 0 saturated carbocycles. The molecule has 2 rings (SSSR count). The maximum Gasteiger partial charge on any atom is 0.401 e. The minimum absolute atomic E-state index is 0.0107. The Bertz CT molecular complexity index is 590. The van der Waals surface area contributed by atoms with Gasteiger partial charge in [-0.2, -0.15) is 13.2 Å². The molecule has 0 amide bonds. The van der Waals surface area contributed by atoms with E-state index in [0.717, 1.165) is 25.1 Å². The van der Waals surface area contributed by atoms with Crippen molar-refractivity contribution in [1.29, 1.82) is 0 Å². The Morgan fingerprint density at radius 1 is 1.26 bits per heavy atom. The van der Waals surface area contributed by atoms with Crippen molar-refractivity contribution in [3.05, 3.63) is 29.8 Å². The standard InChI is InChI=1S/C19H29F3N4O/c1-15-5-7-17(8-6-15)27-12-4-3-10-24-18(23-2)25-16-9-11-26(13-16)14-19(20,21)22/h5-8,16H,3-4,9-14H2,1-2H3,(H2,23,24,25). The van der Waals surface area contributed by atoms with Crippen LogP contribution in [0.3, 0.4) is 0 Å². The van der Waals surface area contributed by atoms with Crippen molar-refractivity contribution >= 4 is 5.96 Å². The van der Waals surface area contributed by atoms with E-state index in [0.29, 0.717) is 32.1 Å². The molecule has 1 saturated heterocycles. The molecule has 1 aromatic rings. The number of guanidine groups is 1. The number of benzene rings is 1. The molecule has 0 radical (unpaired) electrons. The molecule has 5 nitrogen and oxygen atoms in total. The average Bonchev–Trinajstić information content (AvgIpc) is 3.03. The molecule has 2 N–H and O–H groups in total. The number of unbranched alkanes of at least 4 members (excludes halogenated alkanes) is 1. The quantitative estimate of drug-likeness (QED) is 0.410. The van der Waals surface area contributed by atoms with Gasteiger partial charge in [0.2, 0.25) is 0 Å². The molecule has 1 aliphatic heterocycles. The number of aryl methyl sites for hydroxylation is 1. The summed E-state index contributed by atoms with van der Waals surface area (Å²) < 4.78 is 43.0. The number of halogens is 3. The molecular formula is C19H29F3N4O. The predicted molar refractivity (Wildman–Crippen MR) is 101 cm³/mol. The van der Waals surface area contributed by atoms with Crippen LogP contribution >= 0.6 is 0 Å². The number of alkyl halides is 3. The van der Waals surface area contributed by atoms with Crippen LogP contribution in [0.1, 0.15) is 24.8 Å². The summed E-state index contributed by atoms with van der Waals surface area (Å²) in [7, 11) is 1.66. The van der Waals surface area contributed by atoms with Crippen molar-refractivity contribution in [2.24, 2.45) is 4.99 Å². The third-order valence-electron chi connectivity index (χ3n) is 4.39. The fourth-order valence-corrected chi connectivity index (χ4v) is 2.99. The number of nitrogens with one attached hydrogen (secondary N) is 2. The van der Waals surface area contributed by atoms with E-state index in [-0.39, 0.29) is 6.04 Å². The zero-order valence-corrected chi connectivity index (χ0v) is 16.0. The van der Waals surface area contributed by atoms with Crippen LogP contribution in [-0.4, -0.2) is 62.9 Å². The van der Waals surface area contributed by atoms with Gasteiger partial charge in [0.25, 0.3) is 0 Å². The molecule has 0 spiro atoms. The Labute approximate surface area is 159 Å². The van der Waals surface area contributed by atoms with Gasteiger partial charge >= 0.3 is 6.18 Å². The average molecular weight is 386 g/mol. The van der Waals surface area contributed by atoms with Gasteiger partial charge in [0, 0.05) is 32.7 Å². The van der Waals surface area contributed by atoms with Crippen molar-refractivity contribution in [3.63, 3.8) is 0 Å². The SMILES string of the molecule is CN=C(NCCCCOc1ccc(C)cc1)NC1CCN(CC(F)(F)F)C1. The van der Waals surface area contributed by atoms with E-state index in [1.54, 1.807) is 7.05 Å². The normalized spacial score (nSPS) is 18.6. The first-order valence-corrected chi connectivity index (χ1v) is 9.31. The van der Waals surface area contributed by atoms with Crippen molar-refractivity contribution < 1.29 is 17.9 Å². The van der Waals surface area contributed by atoms with E-state index >= 15 is 0 Å². The van der Waals surface area contributed by atoms with Crippen LogP contribution in [0.2, 0.25) is 0 Å². The lowest BCUT2D eigenvalue weighted by Gasteiger charge is -2.19. The molecule has 1 atom stereocenters. The second-order valence-corrected chi connectivity index (χ2v) is 6.85. The summed E-state index contributed by atoms with van der Waals surface area (Å²) in [6.07, 6.45) is -1.64. The van der Waals surface area contributed by atoms with E-state index in [1.807, 2.05) is 31.2 Å². The van der Waals surface area contributed by atoms with Gasteiger partial charge in [0.15, 0.2) is 5.96 Å². The summed E-state index contributed by atoms with van der Waals surface area (Å²) in [5.41, 5.74) is 1.20. The molecule has 8 heteroatoms. The van der Waals surface area contributed by atoms with Crippen LogP contribution in [0, 0.1) is 6.92 Å². The van der Waals surface area contributed by atoms with E-state index in [2.05, 4.69) is 15.6 Å². The van der Waals surface area contributed by atoms with Crippen molar-refractivity contribution in [1.82, 2.24) is 15.5 Å². The zero-order chi connectivity index (χ0) is 19.7. The summed E-state index contributed by atoms with van der Waals surface area (Å²) in [5.74, 6) is 1.50. The molecule has 1 heterocycles. The van der Waals surface area contributed by atoms with Crippen molar-refractivity contribution in [3.8, 4) is 5.75 Å². The summed E-state index contributed by atoms with van der Waals surface area (Å²) in [6.45, 7) is 3.39. The monoisotopic (exact) mass is 386 g/mol. The van der Waals surface area contributed by atoms with Crippen LogP contribution in [0.4, 0.5) is 13.2 Å². The third kappa shape index (κ3) is 8.51. The Morgan fingerprint density at radius 3 is 2.67 bits per heavy atom. The first-order chi connectivity index (χ1) is 12.9. The van der Waals surface area contributed by atoms with Crippen LogP contribution < -0.4 is 15.4 Å². The first-order valence-electron chi connectivity index (χ1n) is 9.31. The molecular weight excluding hydrogens is 357 g/mol. The lowest BCUT2D eigenvalue weighted by atomic mass is 10.2. The van der Waals surface area contributed by atoms with Crippen LogP contribution in [0.5, 0.6) is 5.75 Å². The minimum atomic E-state index is -4.14. The lowest BCUT2D eigenvalue weighted by Crippen LogP contribution is -2.45. The highest BCUT2D eigenvalue weighted by molar-refractivity contribution is 5.79. The maximum absolute atomic E-state index is 12.4. The van der Waals surface area contributed by atoms with Crippen LogP contribution in [-0.2, 0) is 0 Å². The Kier molecular flexibility index (Phi) is 8.22. The molecule has 1 fully saturated rings. The molecule has 27 heavy (non-hydrogen) atoms. The summed E-state index contributed by atoms with van der Waals surface area (Å²) in [4.78, 5) is 5.57. The summed E-state index contributed by atoms with van der Waals surface area (Å²) >= 11 is 0. The zero-order valence-electron chi connectivity index (χ0n) is 16.0. The number of hydrogen-bond donors (Lipinski definition) is 2. The van der Waals surface area contributed by atoms with E-state index in [1.165, 1.54) is 10.5 Å². The smallest absolute Gasteiger partial charge is 0.401 e. The van der Waals surface area contributed by atoms with Crippen molar-refractivity contribution in [2.75, 3.05) is 39.8 Å². The van der Waals surface area contributed by atoms with E-state index in [9.17, 15) is 13.2 Å². The fraction of sp³-hybridized carbons (Fsp3) is 0.632. The van der Waals surface area contributed by atoms with Crippen LogP contribution in [0.25, 0.3) is 0 Å². The molecule has 0 aliphatic carbocycles. The van der Waals surface area contributed by atoms with Crippen molar-refractivity contribution in [2.45, 2.75) is 38.4 Å². The largest absolute Gasteiger partial charge is 0.494 e. The Balaban J connectivity index is 1.57. The molecule has 0 bridgehead atoms. The van der Waals surface area contributed by atoms with Gasteiger partial charge in [0.1, 0.15) is 5.75 Å². The highest BCUT2D eigenvalue weighted by atomic mass is 19.4. The number of aliphatic imine (C=N–C) groups is 1. The Morgan fingerprint density at radius 2 is 2.00 bits per heavy atom.